The number of piperidine rings is 1. The summed E-state index contributed by atoms with van der Waals surface area (Å²) in [4.78, 5) is 15.0. The van der Waals surface area contributed by atoms with Crippen LogP contribution in [0.3, 0.4) is 0 Å². The number of aryl methyl sites for hydroxylation is 2. The molecule has 0 spiro atoms. The fraction of sp³-hybridized carbons (Fsp3) is 0.789. The first kappa shape index (κ1) is 17.5. The minimum absolute atomic E-state index is 0.0916. The summed E-state index contributed by atoms with van der Waals surface area (Å²) in [5.41, 5.74) is 2.02. The van der Waals surface area contributed by atoms with E-state index in [-0.39, 0.29) is 5.91 Å². The number of carbonyl (C=O) groups excluding carboxylic acids is 1. The molecule has 1 aromatic rings. The topological polar surface area (TPSA) is 50.2 Å². The molecule has 5 nitrogen and oxygen atoms in total. The number of amides is 1. The molecule has 1 aliphatic carbocycles. The normalized spacial score (nSPS) is 23.8. The van der Waals surface area contributed by atoms with E-state index in [1.54, 1.807) is 4.68 Å². The van der Waals surface area contributed by atoms with Gasteiger partial charge in [-0.15, -0.1) is 0 Å². The average molecular weight is 332 g/mol. The van der Waals surface area contributed by atoms with Gasteiger partial charge in [-0.1, -0.05) is 25.7 Å². The average Bonchev–Trinajstić information content (AvgIpc) is 2.77. The van der Waals surface area contributed by atoms with Crippen LogP contribution in [-0.4, -0.2) is 45.8 Å². The van der Waals surface area contributed by atoms with Crippen molar-refractivity contribution in [3.63, 3.8) is 0 Å². The summed E-state index contributed by atoms with van der Waals surface area (Å²) in [6, 6.07) is 3.05. The van der Waals surface area contributed by atoms with Crippen LogP contribution in [0.5, 0.6) is 0 Å². The second-order valence-corrected chi connectivity index (χ2v) is 7.63. The number of rotatable bonds is 4. The fourth-order valence-electron chi connectivity index (χ4n) is 4.32. The second-order valence-electron chi connectivity index (χ2n) is 7.63. The van der Waals surface area contributed by atoms with E-state index < -0.39 is 0 Å². The van der Waals surface area contributed by atoms with E-state index in [2.05, 4.69) is 15.3 Å². The van der Waals surface area contributed by atoms with E-state index in [0.29, 0.717) is 12.6 Å². The lowest BCUT2D eigenvalue weighted by molar-refractivity contribution is -0.123. The molecular formula is C19H32N4O. The molecule has 1 amide bonds. The molecular weight excluding hydrogens is 300 g/mol. The standard InChI is InChI=1S/C19H32N4O/c1-15-12-16(2)23(21-15)14-19(24)20-17-8-7-11-22(13-17)18-9-5-3-4-6-10-18/h12,17-18H,3-11,13-14H2,1-2H3,(H,20,24). The van der Waals surface area contributed by atoms with Gasteiger partial charge < -0.3 is 5.32 Å². The van der Waals surface area contributed by atoms with E-state index in [1.165, 1.54) is 51.5 Å². The molecule has 24 heavy (non-hydrogen) atoms. The minimum atomic E-state index is 0.0916. The van der Waals surface area contributed by atoms with Gasteiger partial charge in [-0.2, -0.15) is 5.10 Å². The van der Waals surface area contributed by atoms with Crippen LogP contribution in [0.15, 0.2) is 6.07 Å². The number of aromatic nitrogens is 2. The lowest BCUT2D eigenvalue weighted by Crippen LogP contribution is -2.51. The molecule has 2 heterocycles. The third kappa shape index (κ3) is 4.59. The zero-order chi connectivity index (χ0) is 16.9. The van der Waals surface area contributed by atoms with Crippen LogP contribution in [0.1, 0.15) is 62.8 Å². The molecule has 3 rings (SSSR count). The van der Waals surface area contributed by atoms with Gasteiger partial charge in [0.15, 0.2) is 0 Å². The van der Waals surface area contributed by atoms with Gasteiger partial charge in [-0.25, -0.2) is 0 Å². The van der Waals surface area contributed by atoms with Crippen molar-refractivity contribution in [3.8, 4) is 0 Å². The highest BCUT2D eigenvalue weighted by molar-refractivity contribution is 5.76. The number of hydrogen-bond donors (Lipinski definition) is 1. The van der Waals surface area contributed by atoms with Crippen LogP contribution in [0.25, 0.3) is 0 Å². The molecule has 1 aliphatic heterocycles. The summed E-state index contributed by atoms with van der Waals surface area (Å²) in [5, 5.41) is 7.63. The van der Waals surface area contributed by atoms with Crippen LogP contribution in [0.2, 0.25) is 0 Å². The summed E-state index contributed by atoms with van der Waals surface area (Å²) < 4.78 is 1.80. The summed E-state index contributed by atoms with van der Waals surface area (Å²) >= 11 is 0. The molecule has 0 aromatic carbocycles. The number of nitrogens with one attached hydrogen (secondary N) is 1. The Morgan fingerprint density at radius 3 is 2.58 bits per heavy atom. The Balaban J connectivity index is 1.51. The van der Waals surface area contributed by atoms with Gasteiger partial charge in [0.1, 0.15) is 6.54 Å². The van der Waals surface area contributed by atoms with Gasteiger partial charge in [0.2, 0.25) is 5.91 Å². The second kappa shape index (κ2) is 8.15. The number of nitrogens with zero attached hydrogens (tertiary/aromatic N) is 3. The Morgan fingerprint density at radius 1 is 1.17 bits per heavy atom. The van der Waals surface area contributed by atoms with E-state index in [1.807, 2.05) is 19.9 Å². The van der Waals surface area contributed by atoms with Crippen molar-refractivity contribution in [2.45, 2.75) is 83.8 Å². The largest absolute Gasteiger partial charge is 0.350 e. The number of likely N-dealkylation sites (tertiary alicyclic amines) is 1. The highest BCUT2D eigenvalue weighted by atomic mass is 16.2. The zero-order valence-corrected chi connectivity index (χ0v) is 15.3. The molecule has 1 N–H and O–H groups in total. The van der Waals surface area contributed by atoms with Crippen molar-refractivity contribution < 1.29 is 4.79 Å². The maximum absolute atomic E-state index is 12.4. The molecule has 0 radical (unpaired) electrons. The van der Waals surface area contributed by atoms with Gasteiger partial charge in [-0.05, 0) is 52.1 Å². The first-order valence-corrected chi connectivity index (χ1v) is 9.66. The van der Waals surface area contributed by atoms with E-state index in [9.17, 15) is 4.79 Å². The van der Waals surface area contributed by atoms with Crippen molar-refractivity contribution in [1.82, 2.24) is 20.0 Å². The van der Waals surface area contributed by atoms with Crippen molar-refractivity contribution in [1.29, 1.82) is 0 Å². The molecule has 1 aromatic heterocycles. The van der Waals surface area contributed by atoms with Gasteiger partial charge in [0.05, 0.1) is 5.69 Å². The Morgan fingerprint density at radius 2 is 1.92 bits per heavy atom. The molecule has 1 saturated heterocycles. The maximum atomic E-state index is 12.4. The van der Waals surface area contributed by atoms with Gasteiger partial charge >= 0.3 is 0 Å². The smallest absolute Gasteiger partial charge is 0.242 e. The molecule has 0 bridgehead atoms. The molecule has 1 saturated carbocycles. The minimum Gasteiger partial charge on any atom is -0.350 e. The van der Waals surface area contributed by atoms with Crippen LogP contribution in [0.4, 0.5) is 0 Å². The Labute approximate surface area is 145 Å². The number of carbonyl (C=O) groups is 1. The fourth-order valence-corrected chi connectivity index (χ4v) is 4.32. The first-order chi connectivity index (χ1) is 11.6. The highest BCUT2D eigenvalue weighted by Gasteiger charge is 2.27. The monoisotopic (exact) mass is 332 g/mol. The summed E-state index contributed by atoms with van der Waals surface area (Å²) in [5.74, 6) is 0.0916. The predicted octanol–water partition coefficient (Wildman–Crippen LogP) is 2.80. The van der Waals surface area contributed by atoms with Crippen LogP contribution in [-0.2, 0) is 11.3 Å². The molecule has 134 valence electrons. The van der Waals surface area contributed by atoms with Crippen molar-refractivity contribution in [2.24, 2.45) is 0 Å². The zero-order valence-electron chi connectivity index (χ0n) is 15.3. The molecule has 2 fully saturated rings. The first-order valence-electron chi connectivity index (χ1n) is 9.66. The molecule has 1 unspecified atom stereocenters. The summed E-state index contributed by atoms with van der Waals surface area (Å²) in [6.45, 7) is 6.52. The third-order valence-electron chi connectivity index (χ3n) is 5.56. The predicted molar refractivity (Wildman–Crippen MR) is 95.9 cm³/mol. The molecule has 1 atom stereocenters. The Hall–Kier alpha value is -1.36. The van der Waals surface area contributed by atoms with Crippen molar-refractivity contribution in [2.75, 3.05) is 13.1 Å². The van der Waals surface area contributed by atoms with Gasteiger partial charge in [0, 0.05) is 24.3 Å². The van der Waals surface area contributed by atoms with Crippen molar-refractivity contribution >= 4 is 5.91 Å². The van der Waals surface area contributed by atoms with Crippen LogP contribution >= 0.6 is 0 Å². The quantitative estimate of drug-likeness (QED) is 0.863. The lowest BCUT2D eigenvalue weighted by atomic mass is 10.00. The Kier molecular flexibility index (Phi) is 5.93. The summed E-state index contributed by atoms with van der Waals surface area (Å²) in [6.07, 6.45) is 10.5. The lowest BCUT2D eigenvalue weighted by Gasteiger charge is -2.38. The molecule has 2 aliphatic rings. The molecule has 5 heteroatoms. The van der Waals surface area contributed by atoms with E-state index in [0.717, 1.165) is 30.4 Å². The highest BCUT2D eigenvalue weighted by Crippen LogP contribution is 2.24. The van der Waals surface area contributed by atoms with E-state index >= 15 is 0 Å². The maximum Gasteiger partial charge on any atom is 0.242 e. The third-order valence-corrected chi connectivity index (χ3v) is 5.56. The van der Waals surface area contributed by atoms with Crippen molar-refractivity contribution in [3.05, 3.63) is 17.5 Å². The van der Waals surface area contributed by atoms with Crippen LogP contribution < -0.4 is 5.32 Å². The summed E-state index contributed by atoms with van der Waals surface area (Å²) in [7, 11) is 0. The van der Waals surface area contributed by atoms with Gasteiger partial charge in [-0.3, -0.25) is 14.4 Å². The van der Waals surface area contributed by atoms with E-state index in [4.69, 9.17) is 0 Å². The van der Waals surface area contributed by atoms with Gasteiger partial charge in [0.25, 0.3) is 0 Å². The SMILES string of the molecule is Cc1cc(C)n(CC(=O)NC2CCCN(C3CCCCCC3)C2)n1. The van der Waals surface area contributed by atoms with Crippen LogP contribution in [0, 0.1) is 13.8 Å². The number of hydrogen-bond acceptors (Lipinski definition) is 3. The Bertz CT molecular complexity index is 546.